The summed E-state index contributed by atoms with van der Waals surface area (Å²) in [6.07, 6.45) is -3.74. The quantitative estimate of drug-likeness (QED) is 0.0539. The Bertz CT molecular complexity index is 1490. The standard InChI is InChI=1S/C26H26ClN7O.C2HF3O2/c27-17-24(28)29-16-6-11-23(25-30-21-9-4-5-10-22(21)31-25)32-26(35)18-12-14-20(15-13-18)34-33-19-7-2-1-3-8-19;3-2(4,5)1(6)7/h1-5,7-10,12-15,23H,6,11,16-17H2,(H2,28,29)(H,30,31)(H,32,35);(H,6,7)/t23-;/m0./s1. The molecule has 0 aliphatic heterocycles. The van der Waals surface area contributed by atoms with Crippen molar-refractivity contribution in [2.45, 2.75) is 25.1 Å². The first-order chi connectivity index (χ1) is 20.1. The van der Waals surface area contributed by atoms with Crippen LogP contribution < -0.4 is 11.1 Å². The van der Waals surface area contributed by atoms with Crippen LogP contribution in [0.1, 0.15) is 35.1 Å². The van der Waals surface area contributed by atoms with E-state index in [2.05, 4.69) is 30.5 Å². The zero-order valence-electron chi connectivity index (χ0n) is 22.1. The summed E-state index contributed by atoms with van der Waals surface area (Å²) >= 11 is 5.69. The molecule has 4 aromatic rings. The van der Waals surface area contributed by atoms with E-state index in [9.17, 15) is 18.0 Å². The summed E-state index contributed by atoms with van der Waals surface area (Å²) in [7, 11) is 0. The molecule has 1 atom stereocenters. The van der Waals surface area contributed by atoms with Gasteiger partial charge in [0.1, 0.15) is 11.7 Å². The third-order valence-electron chi connectivity index (χ3n) is 5.55. The Labute approximate surface area is 243 Å². The smallest absolute Gasteiger partial charge is 0.475 e. The van der Waals surface area contributed by atoms with Gasteiger partial charge in [0.15, 0.2) is 0 Å². The maximum atomic E-state index is 13.0. The Morgan fingerprint density at radius 1 is 0.976 bits per heavy atom. The number of rotatable bonds is 10. The molecule has 1 heterocycles. The van der Waals surface area contributed by atoms with Gasteiger partial charge in [0.25, 0.3) is 5.91 Å². The van der Waals surface area contributed by atoms with Crippen LogP contribution in [0.5, 0.6) is 0 Å². The average Bonchev–Trinajstić information content (AvgIpc) is 3.42. The lowest BCUT2D eigenvalue weighted by molar-refractivity contribution is -0.192. The van der Waals surface area contributed by atoms with Crippen LogP contribution in [0.15, 0.2) is 94.1 Å². The Morgan fingerprint density at radius 3 is 2.17 bits per heavy atom. The molecule has 42 heavy (non-hydrogen) atoms. The Balaban J connectivity index is 0.000000616. The molecule has 1 amide bonds. The molecule has 0 bridgehead atoms. The fourth-order valence-corrected chi connectivity index (χ4v) is 3.59. The van der Waals surface area contributed by atoms with E-state index in [1.54, 1.807) is 24.3 Å². The molecule has 220 valence electrons. The highest BCUT2D eigenvalue weighted by Crippen LogP contribution is 2.22. The molecule has 14 heteroatoms. The molecule has 0 saturated heterocycles. The van der Waals surface area contributed by atoms with Crippen LogP contribution in [-0.4, -0.2) is 51.4 Å². The molecule has 3 aromatic carbocycles. The van der Waals surface area contributed by atoms with Gasteiger partial charge in [-0.05, 0) is 61.4 Å². The molecule has 0 saturated carbocycles. The number of azo groups is 1. The molecule has 4 rings (SSSR count). The number of aliphatic imine (C=N–C) groups is 1. The van der Waals surface area contributed by atoms with Crippen molar-refractivity contribution in [2.24, 2.45) is 21.0 Å². The molecule has 1 aromatic heterocycles. The highest BCUT2D eigenvalue weighted by atomic mass is 35.5. The van der Waals surface area contributed by atoms with Gasteiger partial charge >= 0.3 is 12.1 Å². The van der Waals surface area contributed by atoms with E-state index in [1.807, 2.05) is 54.6 Å². The lowest BCUT2D eigenvalue weighted by Gasteiger charge is -2.16. The van der Waals surface area contributed by atoms with Gasteiger partial charge in [0.2, 0.25) is 0 Å². The summed E-state index contributed by atoms with van der Waals surface area (Å²) in [6.45, 7) is 0.520. The molecule has 10 nitrogen and oxygen atoms in total. The number of aromatic nitrogens is 2. The molecule has 0 aliphatic rings. The van der Waals surface area contributed by atoms with Gasteiger partial charge in [-0.2, -0.15) is 23.4 Å². The largest absolute Gasteiger partial charge is 0.490 e. The van der Waals surface area contributed by atoms with Gasteiger partial charge in [-0.25, -0.2) is 9.78 Å². The highest BCUT2D eigenvalue weighted by Gasteiger charge is 2.38. The number of nitrogens with one attached hydrogen (secondary N) is 2. The van der Waals surface area contributed by atoms with Crippen molar-refractivity contribution in [3.63, 3.8) is 0 Å². The van der Waals surface area contributed by atoms with E-state index >= 15 is 0 Å². The minimum Gasteiger partial charge on any atom is -0.475 e. The number of nitrogens with two attached hydrogens (primary N) is 1. The monoisotopic (exact) mass is 601 g/mol. The number of alkyl halides is 4. The zero-order chi connectivity index (χ0) is 30.5. The number of fused-ring (bicyclic) bond motifs is 1. The van der Waals surface area contributed by atoms with Crippen LogP contribution in [0.4, 0.5) is 24.5 Å². The predicted molar refractivity (Wildman–Crippen MR) is 153 cm³/mol. The number of para-hydroxylation sites is 2. The second-order valence-corrected chi connectivity index (χ2v) is 8.97. The van der Waals surface area contributed by atoms with Gasteiger partial charge in [0, 0.05) is 12.1 Å². The number of amides is 1. The predicted octanol–water partition coefficient (Wildman–Crippen LogP) is 6.46. The number of benzene rings is 3. The van der Waals surface area contributed by atoms with Crippen LogP contribution >= 0.6 is 11.6 Å². The number of H-pyrrole nitrogens is 1. The molecule has 0 fully saturated rings. The van der Waals surface area contributed by atoms with E-state index in [1.165, 1.54) is 0 Å². The van der Waals surface area contributed by atoms with Crippen molar-refractivity contribution >= 4 is 51.7 Å². The van der Waals surface area contributed by atoms with Crippen molar-refractivity contribution in [3.05, 3.63) is 90.3 Å². The van der Waals surface area contributed by atoms with Gasteiger partial charge in [0.05, 0.1) is 34.3 Å². The summed E-state index contributed by atoms with van der Waals surface area (Å²) in [5.41, 5.74) is 9.40. The maximum Gasteiger partial charge on any atom is 0.490 e. The fourth-order valence-electron chi connectivity index (χ4n) is 3.51. The van der Waals surface area contributed by atoms with Crippen LogP contribution in [0.25, 0.3) is 11.0 Å². The second-order valence-electron chi connectivity index (χ2n) is 8.70. The second kappa shape index (κ2) is 15.3. The molecule has 0 aliphatic carbocycles. The van der Waals surface area contributed by atoms with E-state index in [0.717, 1.165) is 16.7 Å². The SMILES string of the molecule is NC(CCl)=NCCC[C@H](NC(=O)c1ccc(N=Nc2ccccc2)cc1)c1nc2ccccc2[nH]1.O=C(O)C(F)(F)F. The number of hydrogen-bond acceptors (Lipinski definition) is 6. The van der Waals surface area contributed by atoms with Crippen LogP contribution in [0, 0.1) is 0 Å². The van der Waals surface area contributed by atoms with Crippen molar-refractivity contribution in [3.8, 4) is 0 Å². The molecule has 0 spiro atoms. The third kappa shape index (κ3) is 10.0. The maximum absolute atomic E-state index is 13.0. The van der Waals surface area contributed by atoms with Gasteiger partial charge in [-0.15, -0.1) is 11.6 Å². The van der Waals surface area contributed by atoms with Crippen molar-refractivity contribution < 1.29 is 27.9 Å². The molecule has 0 radical (unpaired) electrons. The fraction of sp³-hybridized carbons (Fsp3) is 0.214. The minimum atomic E-state index is -5.08. The zero-order valence-corrected chi connectivity index (χ0v) is 22.8. The third-order valence-corrected chi connectivity index (χ3v) is 5.83. The minimum absolute atomic E-state index is 0.199. The first-order valence-electron chi connectivity index (χ1n) is 12.5. The molecular formula is C28H27ClF3N7O3. The summed E-state index contributed by atoms with van der Waals surface area (Å²) in [4.78, 5) is 34.2. The van der Waals surface area contributed by atoms with Crippen LogP contribution in [-0.2, 0) is 4.79 Å². The number of halogens is 4. The Morgan fingerprint density at radius 2 is 1.57 bits per heavy atom. The molecular weight excluding hydrogens is 575 g/mol. The van der Waals surface area contributed by atoms with E-state index in [-0.39, 0.29) is 17.8 Å². The van der Waals surface area contributed by atoms with Crippen LogP contribution in [0.2, 0.25) is 0 Å². The Hall–Kier alpha value is -4.78. The van der Waals surface area contributed by atoms with Gasteiger partial charge in [-0.3, -0.25) is 9.79 Å². The number of amidine groups is 1. The number of aromatic amines is 1. The van der Waals surface area contributed by atoms with E-state index in [4.69, 9.17) is 27.2 Å². The average molecular weight is 602 g/mol. The van der Waals surface area contributed by atoms with Crippen molar-refractivity contribution in [1.82, 2.24) is 15.3 Å². The summed E-state index contributed by atoms with van der Waals surface area (Å²) in [6, 6.07) is 23.9. The lowest BCUT2D eigenvalue weighted by atomic mass is 10.1. The lowest BCUT2D eigenvalue weighted by Crippen LogP contribution is -2.29. The first kappa shape index (κ1) is 31.7. The topological polar surface area (TPSA) is 158 Å². The van der Waals surface area contributed by atoms with Crippen molar-refractivity contribution in [1.29, 1.82) is 0 Å². The number of imidazole rings is 1. The van der Waals surface area contributed by atoms with Gasteiger partial charge < -0.3 is 21.1 Å². The summed E-state index contributed by atoms with van der Waals surface area (Å²) < 4.78 is 31.7. The van der Waals surface area contributed by atoms with E-state index in [0.29, 0.717) is 42.3 Å². The molecule has 5 N–H and O–H groups in total. The number of aliphatic carboxylic acids is 1. The summed E-state index contributed by atoms with van der Waals surface area (Å²) in [5.74, 6) is -1.66. The first-order valence-corrected chi connectivity index (χ1v) is 13.1. The Kier molecular flexibility index (Phi) is 11.6. The normalized spacial score (nSPS) is 12.5. The number of carboxylic acid groups (broad SMARTS) is 1. The highest BCUT2D eigenvalue weighted by molar-refractivity contribution is 6.27. The number of carboxylic acids is 1. The number of nitrogens with zero attached hydrogens (tertiary/aromatic N) is 4. The van der Waals surface area contributed by atoms with Gasteiger partial charge in [-0.1, -0.05) is 30.3 Å². The number of carbonyl (C=O) groups is 2. The number of hydrogen-bond donors (Lipinski definition) is 4. The van der Waals surface area contributed by atoms with E-state index < -0.39 is 12.1 Å². The number of carbonyl (C=O) groups excluding carboxylic acids is 1. The van der Waals surface area contributed by atoms with Crippen LogP contribution in [0.3, 0.4) is 0 Å². The van der Waals surface area contributed by atoms with Crippen molar-refractivity contribution in [2.75, 3.05) is 12.4 Å². The molecule has 0 unspecified atom stereocenters. The summed E-state index contributed by atoms with van der Waals surface area (Å²) in [5, 5.41) is 18.7.